The average molecular weight is 355 g/mol. The smallest absolute Gasteiger partial charge is 0.321 e. The van der Waals surface area contributed by atoms with E-state index >= 15 is 0 Å². The number of carboxylic acid groups (broad SMARTS) is 1. The normalized spacial score (nSPS) is 12.3. The lowest BCUT2D eigenvalue weighted by molar-refractivity contribution is -0.141. The molecule has 138 valence electrons. The van der Waals surface area contributed by atoms with Gasteiger partial charge < -0.3 is 19.9 Å². The summed E-state index contributed by atoms with van der Waals surface area (Å²) in [5, 5.41) is 12.2. The zero-order valence-electron chi connectivity index (χ0n) is 14.4. The topological polar surface area (TPSA) is 102 Å². The van der Waals surface area contributed by atoms with Crippen molar-refractivity contribution in [1.29, 1.82) is 0 Å². The highest BCUT2D eigenvalue weighted by molar-refractivity contribution is 5.74. The summed E-state index contributed by atoms with van der Waals surface area (Å²) in [4.78, 5) is 32.8. The van der Waals surface area contributed by atoms with Crippen molar-refractivity contribution >= 4 is 18.4 Å². The Morgan fingerprint density at radius 2 is 2.04 bits per heavy atom. The summed E-state index contributed by atoms with van der Waals surface area (Å²) < 4.78 is 23.0. The van der Waals surface area contributed by atoms with Gasteiger partial charge in [0.05, 0.1) is 0 Å². The van der Waals surface area contributed by atoms with Gasteiger partial charge in [-0.3, -0.25) is 14.4 Å². The van der Waals surface area contributed by atoms with Crippen LogP contribution in [-0.4, -0.2) is 41.7 Å². The van der Waals surface area contributed by atoms with Crippen LogP contribution in [0.1, 0.15) is 31.9 Å². The van der Waals surface area contributed by atoms with Crippen LogP contribution in [0.25, 0.3) is 0 Å². The number of ether oxygens (including phenoxy) is 2. The van der Waals surface area contributed by atoms with Crippen molar-refractivity contribution in [2.75, 3.05) is 6.54 Å². The van der Waals surface area contributed by atoms with E-state index < -0.39 is 30.3 Å². The van der Waals surface area contributed by atoms with E-state index in [0.29, 0.717) is 12.0 Å². The lowest BCUT2D eigenvalue weighted by Crippen LogP contribution is -2.46. The molecule has 0 aliphatic rings. The molecule has 0 saturated carbocycles. The molecule has 8 heteroatoms. The number of hydrogen-bond donors (Lipinski definition) is 2. The molecular formula is C17H22FNO6. The van der Waals surface area contributed by atoms with Crippen molar-refractivity contribution in [3.05, 3.63) is 29.3 Å². The second kappa shape index (κ2) is 9.12. The minimum absolute atomic E-state index is 0.0199. The van der Waals surface area contributed by atoms with Gasteiger partial charge in [0, 0.05) is 13.5 Å². The number of nitrogens with one attached hydrogen (secondary N) is 1. The van der Waals surface area contributed by atoms with Crippen molar-refractivity contribution in [1.82, 2.24) is 5.32 Å². The number of carboxylic acids is 1. The first-order valence-electron chi connectivity index (χ1n) is 7.62. The van der Waals surface area contributed by atoms with Gasteiger partial charge in [-0.25, -0.2) is 4.39 Å². The van der Waals surface area contributed by atoms with Gasteiger partial charge in [0.15, 0.2) is 0 Å². The third-order valence-electron chi connectivity index (χ3n) is 3.45. The molecule has 0 bridgehead atoms. The standard InChI is InChI=1S/C17H22FNO6/c1-11(21)25-14-5-4-12(13(6-14)8-18)7-15(16(22)23)19-9-17(2,3)24-10-20/h4-6,10,15,19H,7-9H2,1-3H3,(H,22,23)/t15-/m0/s1. The lowest BCUT2D eigenvalue weighted by atomic mass is 9.99. The number of rotatable bonds is 10. The van der Waals surface area contributed by atoms with E-state index in [0.717, 1.165) is 0 Å². The van der Waals surface area contributed by atoms with Gasteiger partial charge in [-0.05, 0) is 43.5 Å². The highest BCUT2D eigenvalue weighted by Gasteiger charge is 2.25. The number of hydrogen-bond acceptors (Lipinski definition) is 6. The molecule has 0 spiro atoms. The molecule has 25 heavy (non-hydrogen) atoms. The largest absolute Gasteiger partial charge is 0.480 e. The first kappa shape index (κ1) is 20.6. The SMILES string of the molecule is CC(=O)Oc1ccc(C[C@H](NCC(C)(C)OC=O)C(=O)O)c(CF)c1. The van der Waals surface area contributed by atoms with Gasteiger partial charge in [0.25, 0.3) is 6.47 Å². The van der Waals surface area contributed by atoms with Crippen LogP contribution in [-0.2, 0) is 32.2 Å². The molecule has 0 fully saturated rings. The molecule has 0 saturated heterocycles. The molecule has 0 amide bonds. The van der Waals surface area contributed by atoms with Gasteiger partial charge in [-0.15, -0.1) is 0 Å². The number of carbonyl (C=O) groups is 3. The summed E-state index contributed by atoms with van der Waals surface area (Å²) >= 11 is 0. The first-order valence-corrected chi connectivity index (χ1v) is 7.62. The second-order valence-corrected chi connectivity index (χ2v) is 6.11. The highest BCUT2D eigenvalue weighted by atomic mass is 19.1. The Balaban J connectivity index is 2.89. The van der Waals surface area contributed by atoms with Crippen LogP contribution in [0.4, 0.5) is 4.39 Å². The predicted molar refractivity (Wildman–Crippen MR) is 86.9 cm³/mol. The van der Waals surface area contributed by atoms with Gasteiger partial charge in [0.2, 0.25) is 0 Å². The number of halogens is 1. The van der Waals surface area contributed by atoms with E-state index in [4.69, 9.17) is 9.47 Å². The molecule has 0 aliphatic carbocycles. The zero-order chi connectivity index (χ0) is 19.0. The molecule has 0 radical (unpaired) electrons. The van der Waals surface area contributed by atoms with Crippen LogP contribution < -0.4 is 10.1 Å². The van der Waals surface area contributed by atoms with E-state index in [1.807, 2.05) is 0 Å². The minimum Gasteiger partial charge on any atom is -0.480 e. The fourth-order valence-electron chi connectivity index (χ4n) is 2.16. The van der Waals surface area contributed by atoms with Gasteiger partial charge in [-0.1, -0.05) is 6.07 Å². The molecule has 7 nitrogen and oxygen atoms in total. The number of aliphatic carboxylic acids is 1. The van der Waals surface area contributed by atoms with Gasteiger partial charge in [-0.2, -0.15) is 0 Å². The lowest BCUT2D eigenvalue weighted by Gasteiger charge is -2.25. The predicted octanol–water partition coefficient (Wildman–Crippen LogP) is 1.62. The molecule has 2 N–H and O–H groups in total. The molecule has 1 atom stereocenters. The van der Waals surface area contributed by atoms with Gasteiger partial charge >= 0.3 is 11.9 Å². The van der Waals surface area contributed by atoms with E-state index in [1.165, 1.54) is 25.1 Å². The first-order chi connectivity index (χ1) is 11.7. The summed E-state index contributed by atoms with van der Waals surface area (Å²) in [7, 11) is 0. The Labute approximate surface area is 145 Å². The molecule has 0 heterocycles. The van der Waals surface area contributed by atoms with Crippen LogP contribution in [0, 0.1) is 0 Å². The Bertz CT molecular complexity index is 632. The van der Waals surface area contributed by atoms with Crippen LogP contribution in [0.15, 0.2) is 18.2 Å². The molecular weight excluding hydrogens is 333 g/mol. The molecule has 0 unspecified atom stereocenters. The molecule has 1 rings (SSSR count). The van der Waals surface area contributed by atoms with E-state index in [-0.39, 0.29) is 24.3 Å². The second-order valence-electron chi connectivity index (χ2n) is 6.11. The van der Waals surface area contributed by atoms with Crippen molar-refractivity contribution in [3.8, 4) is 5.75 Å². The monoisotopic (exact) mass is 355 g/mol. The number of esters is 1. The van der Waals surface area contributed by atoms with E-state index in [2.05, 4.69) is 5.32 Å². The molecule has 1 aromatic rings. The highest BCUT2D eigenvalue weighted by Crippen LogP contribution is 2.21. The quantitative estimate of drug-likeness (QED) is 0.373. The Morgan fingerprint density at radius 1 is 1.36 bits per heavy atom. The van der Waals surface area contributed by atoms with E-state index in [1.54, 1.807) is 13.8 Å². The third-order valence-corrected chi connectivity index (χ3v) is 3.45. The van der Waals surface area contributed by atoms with Crippen molar-refractivity contribution < 1.29 is 33.4 Å². The summed E-state index contributed by atoms with van der Waals surface area (Å²) in [5.74, 6) is -1.44. The Morgan fingerprint density at radius 3 is 2.56 bits per heavy atom. The summed E-state index contributed by atoms with van der Waals surface area (Å²) in [5.41, 5.74) is -0.153. The molecule has 0 aliphatic heterocycles. The molecule has 0 aromatic heterocycles. The van der Waals surface area contributed by atoms with Gasteiger partial charge in [0.1, 0.15) is 24.1 Å². The van der Waals surface area contributed by atoms with Crippen LogP contribution in [0.3, 0.4) is 0 Å². The fourth-order valence-corrected chi connectivity index (χ4v) is 2.16. The minimum atomic E-state index is -1.12. The Kier molecular flexibility index (Phi) is 7.50. The van der Waals surface area contributed by atoms with Crippen molar-refractivity contribution in [2.45, 2.75) is 45.5 Å². The fraction of sp³-hybridized carbons (Fsp3) is 0.471. The maximum atomic E-state index is 13.3. The van der Waals surface area contributed by atoms with Crippen LogP contribution in [0.2, 0.25) is 0 Å². The average Bonchev–Trinajstić information content (AvgIpc) is 2.51. The van der Waals surface area contributed by atoms with Crippen molar-refractivity contribution in [2.24, 2.45) is 0 Å². The zero-order valence-corrected chi connectivity index (χ0v) is 14.4. The summed E-state index contributed by atoms with van der Waals surface area (Å²) in [6, 6.07) is 3.38. The molecule has 1 aromatic carbocycles. The maximum Gasteiger partial charge on any atom is 0.321 e. The Hall–Kier alpha value is -2.48. The number of alkyl halides is 1. The number of benzene rings is 1. The summed E-state index contributed by atoms with van der Waals surface area (Å²) in [6.07, 6.45) is 0.0199. The number of carbonyl (C=O) groups excluding carboxylic acids is 2. The van der Waals surface area contributed by atoms with Crippen molar-refractivity contribution in [3.63, 3.8) is 0 Å². The third kappa shape index (κ3) is 6.88. The summed E-state index contributed by atoms with van der Waals surface area (Å²) in [6.45, 7) is 4.08. The van der Waals surface area contributed by atoms with E-state index in [9.17, 15) is 23.9 Å². The van der Waals surface area contributed by atoms with Crippen LogP contribution >= 0.6 is 0 Å². The van der Waals surface area contributed by atoms with Crippen LogP contribution in [0.5, 0.6) is 5.75 Å². The maximum absolute atomic E-state index is 13.3.